The normalized spacial score (nSPS) is 22.3. The van der Waals surface area contributed by atoms with Gasteiger partial charge in [0.05, 0.1) is 26.4 Å². The van der Waals surface area contributed by atoms with Gasteiger partial charge in [0.1, 0.15) is 8.07 Å². The van der Waals surface area contributed by atoms with Crippen molar-refractivity contribution >= 4 is 37.1 Å². The second-order valence-corrected chi connectivity index (χ2v) is 15.7. The monoisotopic (exact) mass is 584 g/mol. The Hall–Kier alpha value is -3.20. The molecule has 0 saturated heterocycles. The highest BCUT2D eigenvalue weighted by molar-refractivity contribution is 6.94. The Morgan fingerprint density at radius 1 is 0.756 bits per heavy atom. The van der Waals surface area contributed by atoms with Crippen molar-refractivity contribution in [1.82, 2.24) is 0 Å². The molecule has 3 rings (SSSR count). The topological polar surface area (TPSA) is 105 Å². The molecular weight excluding hydrogens is 540 g/mol. The van der Waals surface area contributed by atoms with Gasteiger partial charge in [-0.15, -0.1) is 0 Å². The van der Waals surface area contributed by atoms with E-state index in [9.17, 15) is 19.2 Å². The molecule has 0 spiro atoms. The first-order chi connectivity index (χ1) is 19.4. The highest BCUT2D eigenvalue weighted by Crippen LogP contribution is 2.58. The van der Waals surface area contributed by atoms with E-state index in [0.717, 1.165) is 5.19 Å². The Morgan fingerprint density at radius 2 is 1.17 bits per heavy atom. The Morgan fingerprint density at radius 3 is 1.63 bits per heavy atom. The van der Waals surface area contributed by atoms with Gasteiger partial charge in [-0.2, -0.15) is 0 Å². The maximum absolute atomic E-state index is 13.7. The maximum Gasteiger partial charge on any atom is 0.327 e. The Labute approximate surface area is 244 Å². The van der Waals surface area contributed by atoms with Crippen molar-refractivity contribution in [3.8, 4) is 0 Å². The zero-order chi connectivity index (χ0) is 30.4. The average Bonchev–Trinajstić information content (AvgIpc) is 3.49. The summed E-state index contributed by atoms with van der Waals surface area (Å²) in [4.78, 5) is 54.0. The van der Waals surface area contributed by atoms with E-state index < -0.39 is 42.8 Å². The van der Waals surface area contributed by atoms with Crippen LogP contribution in [-0.4, -0.2) is 58.4 Å². The highest BCUT2D eigenvalue weighted by Gasteiger charge is 2.63. The molecule has 2 atom stereocenters. The SMILES string of the molecule is C=C1C[C@@H]([C@H]2C/C(=C/[Si](C)(C)c3ccccc3)C(C(=O)OCC)(C(=O)OCC)C2)CC1(C(=O)OCC)C(=O)OCC. The molecule has 0 radical (unpaired) electrons. The summed E-state index contributed by atoms with van der Waals surface area (Å²) in [5.41, 5.74) is 0.0432. The van der Waals surface area contributed by atoms with Crippen molar-refractivity contribution in [2.45, 2.75) is 66.5 Å². The fourth-order valence-electron chi connectivity index (χ4n) is 6.46. The molecule has 41 heavy (non-hydrogen) atoms. The number of ether oxygens (including phenoxy) is 4. The molecule has 0 amide bonds. The molecule has 0 aromatic heterocycles. The van der Waals surface area contributed by atoms with Crippen LogP contribution in [0.1, 0.15) is 53.4 Å². The van der Waals surface area contributed by atoms with Crippen LogP contribution in [0.25, 0.3) is 0 Å². The summed E-state index contributed by atoms with van der Waals surface area (Å²) in [5.74, 6) is -3.00. The van der Waals surface area contributed by atoms with Crippen LogP contribution in [-0.2, 0) is 38.1 Å². The summed E-state index contributed by atoms with van der Waals surface area (Å²) in [6, 6.07) is 10.1. The first kappa shape index (κ1) is 32.3. The number of rotatable bonds is 11. The van der Waals surface area contributed by atoms with E-state index in [1.807, 2.05) is 18.2 Å². The van der Waals surface area contributed by atoms with Gasteiger partial charge < -0.3 is 18.9 Å². The second-order valence-electron chi connectivity index (χ2n) is 11.4. The van der Waals surface area contributed by atoms with E-state index in [2.05, 4.69) is 37.5 Å². The van der Waals surface area contributed by atoms with Crippen molar-refractivity contribution in [3.63, 3.8) is 0 Å². The van der Waals surface area contributed by atoms with Gasteiger partial charge in [-0.3, -0.25) is 19.2 Å². The van der Waals surface area contributed by atoms with Crippen molar-refractivity contribution in [1.29, 1.82) is 0 Å². The molecular formula is C32H44O8Si. The van der Waals surface area contributed by atoms with Gasteiger partial charge in [-0.1, -0.05) is 60.9 Å². The summed E-state index contributed by atoms with van der Waals surface area (Å²) in [5, 5.41) is 1.16. The smallest absolute Gasteiger partial charge is 0.327 e. The standard InChI is InChI=1S/C32H44O8Si/c1-8-37-27(33)31(28(34)38-9-2)19-23(17-22(31)5)24-18-25(21-41(6,7)26-15-13-12-14-16-26)32(20-24,29(35)39-10-3)30(36)40-11-4/h12-16,21,23-24H,5,8-11,17-20H2,1-4,6-7H3/b25-21-/t23-,24+/m1/s1. The van der Waals surface area contributed by atoms with E-state index >= 15 is 0 Å². The maximum atomic E-state index is 13.7. The Kier molecular flexibility index (Phi) is 10.4. The lowest BCUT2D eigenvalue weighted by molar-refractivity contribution is -0.171. The van der Waals surface area contributed by atoms with Gasteiger partial charge in [0.2, 0.25) is 0 Å². The largest absolute Gasteiger partial charge is 0.465 e. The highest BCUT2D eigenvalue weighted by atomic mass is 28.3. The number of benzene rings is 1. The summed E-state index contributed by atoms with van der Waals surface area (Å²) < 4.78 is 21.7. The van der Waals surface area contributed by atoms with Gasteiger partial charge in [-0.05, 0) is 76.4 Å². The minimum Gasteiger partial charge on any atom is -0.465 e. The van der Waals surface area contributed by atoms with Crippen molar-refractivity contribution < 1.29 is 38.1 Å². The van der Waals surface area contributed by atoms with Crippen molar-refractivity contribution in [2.24, 2.45) is 22.7 Å². The van der Waals surface area contributed by atoms with Crippen molar-refractivity contribution in [2.75, 3.05) is 26.4 Å². The molecule has 2 aliphatic rings. The molecule has 224 valence electrons. The zero-order valence-electron chi connectivity index (χ0n) is 25.2. The first-order valence-corrected chi connectivity index (χ1v) is 17.7. The van der Waals surface area contributed by atoms with Crippen LogP contribution < -0.4 is 5.19 Å². The van der Waals surface area contributed by atoms with E-state index in [1.165, 1.54) is 0 Å². The van der Waals surface area contributed by atoms with E-state index in [-0.39, 0.29) is 51.1 Å². The Bertz CT molecular complexity index is 1150. The van der Waals surface area contributed by atoms with Crippen LogP contribution in [0.3, 0.4) is 0 Å². The first-order valence-electron chi connectivity index (χ1n) is 14.6. The number of hydrogen-bond donors (Lipinski definition) is 0. The molecule has 0 heterocycles. The molecule has 2 saturated carbocycles. The molecule has 1 aromatic carbocycles. The number of esters is 4. The van der Waals surface area contributed by atoms with E-state index in [1.54, 1.807) is 27.7 Å². The summed E-state index contributed by atoms with van der Waals surface area (Å²) in [6.07, 6.45) is 1.11. The van der Waals surface area contributed by atoms with Crippen LogP contribution in [0.2, 0.25) is 13.1 Å². The molecule has 0 aliphatic heterocycles. The molecule has 2 aliphatic carbocycles. The van der Waals surface area contributed by atoms with Gasteiger partial charge in [0.15, 0.2) is 10.8 Å². The van der Waals surface area contributed by atoms with Crippen LogP contribution in [0.4, 0.5) is 0 Å². The number of carbonyl (C=O) groups excluding carboxylic acids is 4. The van der Waals surface area contributed by atoms with Gasteiger partial charge in [0, 0.05) is 0 Å². The average molecular weight is 585 g/mol. The lowest BCUT2D eigenvalue weighted by atomic mass is 9.78. The molecule has 0 unspecified atom stereocenters. The molecule has 9 heteroatoms. The molecule has 0 bridgehead atoms. The molecule has 8 nitrogen and oxygen atoms in total. The van der Waals surface area contributed by atoms with Gasteiger partial charge >= 0.3 is 23.9 Å². The number of hydrogen-bond acceptors (Lipinski definition) is 8. The Balaban J connectivity index is 2.12. The van der Waals surface area contributed by atoms with Crippen LogP contribution in [0.15, 0.2) is 53.8 Å². The molecule has 1 aromatic rings. The third-order valence-electron chi connectivity index (χ3n) is 8.49. The fourth-order valence-corrected chi connectivity index (χ4v) is 8.91. The zero-order valence-corrected chi connectivity index (χ0v) is 26.2. The van der Waals surface area contributed by atoms with Crippen molar-refractivity contribution in [3.05, 3.63) is 53.8 Å². The minimum atomic E-state index is -2.28. The van der Waals surface area contributed by atoms with Crippen LogP contribution in [0.5, 0.6) is 0 Å². The lowest BCUT2D eigenvalue weighted by Gasteiger charge is -2.29. The third kappa shape index (κ3) is 6.05. The lowest BCUT2D eigenvalue weighted by Crippen LogP contribution is -2.45. The quantitative estimate of drug-likeness (QED) is 0.122. The van der Waals surface area contributed by atoms with Gasteiger partial charge in [-0.25, -0.2) is 0 Å². The molecule has 0 N–H and O–H groups in total. The summed E-state index contributed by atoms with van der Waals surface area (Å²) in [7, 11) is -2.28. The predicted molar refractivity (Wildman–Crippen MR) is 158 cm³/mol. The van der Waals surface area contributed by atoms with Crippen LogP contribution >= 0.6 is 0 Å². The predicted octanol–water partition coefficient (Wildman–Crippen LogP) is 4.67. The van der Waals surface area contributed by atoms with E-state index in [4.69, 9.17) is 18.9 Å². The second kappa shape index (κ2) is 13.2. The minimum absolute atomic E-state index is 0.113. The fraction of sp³-hybridized carbons (Fsp3) is 0.562. The number of carbonyl (C=O) groups is 4. The third-order valence-corrected chi connectivity index (χ3v) is 11.4. The van der Waals surface area contributed by atoms with E-state index in [0.29, 0.717) is 24.0 Å². The van der Waals surface area contributed by atoms with Crippen LogP contribution in [0, 0.1) is 22.7 Å². The summed E-state index contributed by atoms with van der Waals surface area (Å²) >= 11 is 0. The van der Waals surface area contributed by atoms with Gasteiger partial charge in [0.25, 0.3) is 0 Å². The molecule has 2 fully saturated rings. The summed E-state index contributed by atoms with van der Waals surface area (Å²) in [6.45, 7) is 15.7.